The number of likely N-dealkylation sites (N-methyl/N-ethyl adjacent to an activating group) is 2. The van der Waals surface area contributed by atoms with E-state index >= 15 is 0 Å². The van der Waals surface area contributed by atoms with E-state index in [1.807, 2.05) is 24.0 Å². The number of hydrogen-bond acceptors (Lipinski definition) is 4. The summed E-state index contributed by atoms with van der Waals surface area (Å²) in [6, 6.07) is 0.309. The van der Waals surface area contributed by atoms with Gasteiger partial charge in [-0.05, 0) is 33.6 Å². The van der Waals surface area contributed by atoms with Gasteiger partial charge in [0.15, 0.2) is 0 Å². The summed E-state index contributed by atoms with van der Waals surface area (Å²) < 4.78 is 2.02. The zero-order valence-electron chi connectivity index (χ0n) is 11.0. The molecule has 96 valence electrons. The number of rotatable bonds is 2. The molecule has 2 rings (SSSR count). The van der Waals surface area contributed by atoms with Crippen LogP contribution in [0, 0.1) is 0 Å². The van der Waals surface area contributed by atoms with Crippen molar-refractivity contribution in [3.63, 3.8) is 0 Å². The molecule has 0 saturated carbocycles. The zero-order valence-corrected chi connectivity index (χ0v) is 11.0. The first-order chi connectivity index (χ1) is 8.09. The van der Waals surface area contributed by atoms with Crippen LogP contribution in [0.4, 0.5) is 0 Å². The van der Waals surface area contributed by atoms with Crippen LogP contribution in [0.5, 0.6) is 0 Å². The third-order valence-electron chi connectivity index (χ3n) is 3.69. The minimum atomic E-state index is -0.0273. The topological polar surface area (TPSA) is 50.3 Å². The van der Waals surface area contributed by atoms with Crippen LogP contribution in [-0.2, 0) is 7.05 Å². The maximum atomic E-state index is 6.39. The molecule has 2 unspecified atom stereocenters. The molecule has 0 amide bonds. The van der Waals surface area contributed by atoms with Crippen LogP contribution in [-0.4, -0.2) is 59.1 Å². The molecule has 0 spiro atoms. The normalized spacial score (nSPS) is 25.8. The smallest absolute Gasteiger partial charge is 0.127 e. The summed E-state index contributed by atoms with van der Waals surface area (Å²) in [5.74, 6) is 0.970. The van der Waals surface area contributed by atoms with Crippen molar-refractivity contribution in [2.45, 2.75) is 18.5 Å². The quantitative estimate of drug-likeness (QED) is 0.790. The molecule has 1 aliphatic heterocycles. The Labute approximate surface area is 103 Å². The van der Waals surface area contributed by atoms with Gasteiger partial charge in [0.25, 0.3) is 0 Å². The molecule has 2 N–H and O–H groups in total. The third kappa shape index (κ3) is 2.68. The molecule has 5 heteroatoms. The number of aromatic nitrogens is 2. The van der Waals surface area contributed by atoms with Gasteiger partial charge in [-0.3, -0.25) is 0 Å². The Bertz CT molecular complexity index is 362. The standard InChI is InChI=1S/C12H23N5/c1-15-6-4-7-16(2)10(9-15)11(13)12-14-5-8-17(12)3/h5,8,10-11H,4,6-7,9,13H2,1-3H3. The molecule has 2 heterocycles. The van der Waals surface area contributed by atoms with Crippen molar-refractivity contribution in [1.29, 1.82) is 0 Å². The predicted molar refractivity (Wildman–Crippen MR) is 68.7 cm³/mol. The first kappa shape index (κ1) is 12.5. The molecule has 1 aromatic rings. The third-order valence-corrected chi connectivity index (χ3v) is 3.69. The summed E-state index contributed by atoms with van der Waals surface area (Å²) in [5, 5.41) is 0. The van der Waals surface area contributed by atoms with Gasteiger partial charge >= 0.3 is 0 Å². The van der Waals surface area contributed by atoms with Crippen LogP contribution in [0.3, 0.4) is 0 Å². The van der Waals surface area contributed by atoms with Crippen LogP contribution < -0.4 is 5.73 Å². The summed E-state index contributed by atoms with van der Waals surface area (Å²) in [5.41, 5.74) is 6.39. The average molecular weight is 237 g/mol. The van der Waals surface area contributed by atoms with Gasteiger partial charge in [-0.1, -0.05) is 0 Å². The van der Waals surface area contributed by atoms with Crippen LogP contribution in [0.1, 0.15) is 18.3 Å². The summed E-state index contributed by atoms with van der Waals surface area (Å²) in [6.45, 7) is 3.26. The molecule has 0 aliphatic carbocycles. The molecule has 0 radical (unpaired) electrons. The summed E-state index contributed by atoms with van der Waals surface area (Å²) >= 11 is 0. The molecule has 1 aliphatic rings. The van der Waals surface area contributed by atoms with Crippen molar-refractivity contribution in [1.82, 2.24) is 19.4 Å². The first-order valence-corrected chi connectivity index (χ1v) is 6.21. The van der Waals surface area contributed by atoms with Gasteiger partial charge in [0.05, 0.1) is 6.04 Å². The largest absolute Gasteiger partial charge is 0.337 e. The van der Waals surface area contributed by atoms with Crippen LogP contribution in [0.15, 0.2) is 12.4 Å². The second kappa shape index (κ2) is 5.16. The van der Waals surface area contributed by atoms with E-state index in [0.29, 0.717) is 6.04 Å². The highest BCUT2D eigenvalue weighted by Crippen LogP contribution is 2.19. The Balaban J connectivity index is 2.16. The van der Waals surface area contributed by atoms with Gasteiger partial charge < -0.3 is 20.1 Å². The summed E-state index contributed by atoms with van der Waals surface area (Å²) in [4.78, 5) is 9.10. The fourth-order valence-corrected chi connectivity index (χ4v) is 2.56. The Morgan fingerprint density at radius 2 is 2.12 bits per heavy atom. The molecule has 2 atom stereocenters. The lowest BCUT2D eigenvalue weighted by atomic mass is 10.1. The van der Waals surface area contributed by atoms with Gasteiger partial charge in [0.2, 0.25) is 0 Å². The fourth-order valence-electron chi connectivity index (χ4n) is 2.56. The van der Waals surface area contributed by atoms with E-state index in [9.17, 15) is 0 Å². The molecule has 5 nitrogen and oxygen atoms in total. The average Bonchev–Trinajstić information content (AvgIpc) is 2.63. The lowest BCUT2D eigenvalue weighted by Gasteiger charge is -2.31. The second-order valence-electron chi connectivity index (χ2n) is 5.09. The SMILES string of the molecule is CN1CCCN(C)C(C(N)c2nccn2C)C1. The van der Waals surface area contributed by atoms with Crippen LogP contribution >= 0.6 is 0 Å². The number of imidazole rings is 1. The molecular weight excluding hydrogens is 214 g/mol. The molecule has 1 saturated heterocycles. The number of nitrogens with two attached hydrogens (primary N) is 1. The lowest BCUT2D eigenvalue weighted by Crippen LogP contribution is -2.46. The van der Waals surface area contributed by atoms with Crippen molar-refractivity contribution in [3.8, 4) is 0 Å². The predicted octanol–water partition coefficient (Wildman–Crippen LogP) is 0.0558. The molecular formula is C12H23N5. The van der Waals surface area contributed by atoms with Crippen LogP contribution in [0.25, 0.3) is 0 Å². The monoisotopic (exact) mass is 237 g/mol. The summed E-state index contributed by atoms with van der Waals surface area (Å²) in [6.07, 6.45) is 4.97. The zero-order chi connectivity index (χ0) is 12.4. The molecule has 1 aromatic heterocycles. The highest BCUT2D eigenvalue weighted by Gasteiger charge is 2.29. The number of nitrogens with zero attached hydrogens (tertiary/aromatic N) is 4. The molecule has 0 bridgehead atoms. The van der Waals surface area contributed by atoms with Crippen molar-refractivity contribution in [2.24, 2.45) is 12.8 Å². The Kier molecular flexibility index (Phi) is 3.81. The van der Waals surface area contributed by atoms with Gasteiger partial charge in [0, 0.05) is 32.0 Å². The van der Waals surface area contributed by atoms with Gasteiger partial charge in [-0.2, -0.15) is 0 Å². The van der Waals surface area contributed by atoms with E-state index in [1.54, 1.807) is 0 Å². The van der Waals surface area contributed by atoms with E-state index < -0.39 is 0 Å². The van der Waals surface area contributed by atoms with E-state index in [0.717, 1.165) is 25.5 Å². The van der Waals surface area contributed by atoms with Crippen LogP contribution in [0.2, 0.25) is 0 Å². The number of aryl methyl sites for hydroxylation is 1. The highest BCUT2D eigenvalue weighted by molar-refractivity contribution is 5.03. The highest BCUT2D eigenvalue weighted by atomic mass is 15.2. The Morgan fingerprint density at radius 3 is 2.76 bits per heavy atom. The molecule has 17 heavy (non-hydrogen) atoms. The van der Waals surface area contributed by atoms with Crippen molar-refractivity contribution in [3.05, 3.63) is 18.2 Å². The van der Waals surface area contributed by atoms with E-state index in [1.165, 1.54) is 6.42 Å². The Hall–Kier alpha value is -0.910. The van der Waals surface area contributed by atoms with E-state index in [2.05, 4.69) is 28.9 Å². The van der Waals surface area contributed by atoms with E-state index in [-0.39, 0.29) is 6.04 Å². The van der Waals surface area contributed by atoms with Gasteiger partial charge in [0.1, 0.15) is 5.82 Å². The first-order valence-electron chi connectivity index (χ1n) is 6.21. The maximum Gasteiger partial charge on any atom is 0.127 e. The lowest BCUT2D eigenvalue weighted by molar-refractivity contribution is 0.191. The maximum absolute atomic E-state index is 6.39. The van der Waals surface area contributed by atoms with Gasteiger partial charge in [-0.15, -0.1) is 0 Å². The minimum absolute atomic E-state index is 0.0273. The molecule has 1 fully saturated rings. The fraction of sp³-hybridized carbons (Fsp3) is 0.750. The minimum Gasteiger partial charge on any atom is -0.337 e. The van der Waals surface area contributed by atoms with E-state index in [4.69, 9.17) is 5.73 Å². The molecule has 0 aromatic carbocycles. The summed E-state index contributed by atoms with van der Waals surface area (Å²) in [7, 11) is 6.33. The van der Waals surface area contributed by atoms with Gasteiger partial charge in [-0.25, -0.2) is 4.98 Å². The van der Waals surface area contributed by atoms with Crippen molar-refractivity contribution >= 4 is 0 Å². The Morgan fingerprint density at radius 1 is 1.35 bits per heavy atom. The van der Waals surface area contributed by atoms with Crippen molar-refractivity contribution in [2.75, 3.05) is 33.7 Å². The second-order valence-corrected chi connectivity index (χ2v) is 5.09. The van der Waals surface area contributed by atoms with Crippen molar-refractivity contribution < 1.29 is 0 Å². The number of hydrogen-bond donors (Lipinski definition) is 1.